The van der Waals surface area contributed by atoms with E-state index in [0.29, 0.717) is 24.1 Å². The van der Waals surface area contributed by atoms with Crippen LogP contribution >= 0.6 is 0 Å². The Morgan fingerprint density at radius 1 is 1.17 bits per heavy atom. The predicted octanol–water partition coefficient (Wildman–Crippen LogP) is 2.55. The number of pyridine rings is 1. The Balaban J connectivity index is 1.41. The Morgan fingerprint density at radius 2 is 1.93 bits per heavy atom. The Hall–Kier alpha value is -2.25. The molecular formula is C23H33N5OS. The molecule has 1 aromatic carbocycles. The van der Waals surface area contributed by atoms with Gasteiger partial charge in [0.1, 0.15) is 0 Å². The molecule has 162 valence electrons. The number of hydrogen-bond donors (Lipinski definition) is 2. The maximum absolute atomic E-state index is 12.3. The van der Waals surface area contributed by atoms with Gasteiger partial charge in [0.05, 0.1) is 12.2 Å². The van der Waals surface area contributed by atoms with E-state index in [0.717, 1.165) is 56.2 Å². The molecule has 1 aromatic heterocycles. The summed E-state index contributed by atoms with van der Waals surface area (Å²) < 4.78 is 12.3. The summed E-state index contributed by atoms with van der Waals surface area (Å²) in [6, 6.07) is 16.5. The second kappa shape index (κ2) is 12.4. The first-order valence-corrected chi connectivity index (χ1v) is 12.3. The summed E-state index contributed by atoms with van der Waals surface area (Å²) in [6.07, 6.45) is 4.02. The third kappa shape index (κ3) is 7.88. The van der Waals surface area contributed by atoms with E-state index in [1.807, 2.05) is 48.7 Å². The van der Waals surface area contributed by atoms with Crippen LogP contribution in [0.25, 0.3) is 0 Å². The third-order valence-electron chi connectivity index (χ3n) is 5.14. The van der Waals surface area contributed by atoms with E-state index >= 15 is 0 Å². The summed E-state index contributed by atoms with van der Waals surface area (Å²) in [6.45, 7) is 6.46. The van der Waals surface area contributed by atoms with Crippen molar-refractivity contribution in [3.8, 4) is 0 Å². The number of hydrogen-bond acceptors (Lipinski definition) is 4. The van der Waals surface area contributed by atoms with Crippen LogP contribution in [0.15, 0.2) is 59.7 Å². The van der Waals surface area contributed by atoms with Crippen LogP contribution in [0.2, 0.25) is 0 Å². The summed E-state index contributed by atoms with van der Waals surface area (Å²) in [5, 5.41) is 6.88. The zero-order valence-corrected chi connectivity index (χ0v) is 18.6. The number of aromatic nitrogens is 1. The first-order chi connectivity index (χ1) is 14.7. The van der Waals surface area contributed by atoms with Crippen molar-refractivity contribution in [3.63, 3.8) is 0 Å². The molecule has 1 fully saturated rings. The maximum atomic E-state index is 12.3. The molecule has 1 atom stereocenters. The molecule has 0 bridgehead atoms. The van der Waals surface area contributed by atoms with Crippen molar-refractivity contribution < 1.29 is 4.21 Å². The number of aliphatic imine (C=N–C) groups is 1. The van der Waals surface area contributed by atoms with E-state index in [9.17, 15) is 4.21 Å². The second-order valence-corrected chi connectivity index (χ2v) is 9.13. The van der Waals surface area contributed by atoms with Crippen molar-refractivity contribution in [2.75, 3.05) is 31.9 Å². The third-order valence-corrected chi connectivity index (χ3v) is 6.44. The van der Waals surface area contributed by atoms with Crippen LogP contribution in [0, 0.1) is 0 Å². The van der Waals surface area contributed by atoms with Crippen molar-refractivity contribution >= 4 is 16.8 Å². The summed E-state index contributed by atoms with van der Waals surface area (Å²) in [5.74, 6) is 2.00. The number of piperidine rings is 1. The monoisotopic (exact) mass is 427 g/mol. The molecule has 2 aromatic rings. The van der Waals surface area contributed by atoms with Crippen LogP contribution in [0.1, 0.15) is 31.0 Å². The number of nitrogens with one attached hydrogen (secondary N) is 2. The molecule has 2 heterocycles. The fraction of sp³-hybridized carbons (Fsp3) is 0.478. The average Bonchev–Trinajstić information content (AvgIpc) is 2.77. The van der Waals surface area contributed by atoms with Gasteiger partial charge in [0.15, 0.2) is 5.96 Å². The highest BCUT2D eigenvalue weighted by molar-refractivity contribution is 7.84. The quantitative estimate of drug-likeness (QED) is 0.475. The molecule has 0 saturated carbocycles. The molecule has 6 nitrogen and oxygen atoms in total. The van der Waals surface area contributed by atoms with Gasteiger partial charge in [-0.25, -0.2) is 0 Å². The minimum absolute atomic E-state index is 0.414. The Morgan fingerprint density at radius 3 is 2.63 bits per heavy atom. The molecule has 0 aliphatic carbocycles. The van der Waals surface area contributed by atoms with Gasteiger partial charge < -0.3 is 10.6 Å². The van der Waals surface area contributed by atoms with Gasteiger partial charge in [-0.15, -0.1) is 0 Å². The van der Waals surface area contributed by atoms with Crippen LogP contribution in [-0.4, -0.2) is 58.0 Å². The summed E-state index contributed by atoms with van der Waals surface area (Å²) >= 11 is 0. The van der Waals surface area contributed by atoms with Crippen LogP contribution in [-0.2, 0) is 23.1 Å². The van der Waals surface area contributed by atoms with E-state index in [1.165, 1.54) is 0 Å². The highest BCUT2D eigenvalue weighted by Crippen LogP contribution is 2.13. The fourth-order valence-electron chi connectivity index (χ4n) is 3.56. The van der Waals surface area contributed by atoms with E-state index in [4.69, 9.17) is 0 Å². The summed E-state index contributed by atoms with van der Waals surface area (Å²) in [4.78, 5) is 11.5. The van der Waals surface area contributed by atoms with Crippen LogP contribution in [0.4, 0.5) is 0 Å². The minimum atomic E-state index is -0.898. The zero-order valence-electron chi connectivity index (χ0n) is 17.8. The maximum Gasteiger partial charge on any atom is 0.191 e. The normalized spacial score (nSPS) is 16.9. The molecule has 2 N–H and O–H groups in total. The molecule has 30 heavy (non-hydrogen) atoms. The highest BCUT2D eigenvalue weighted by atomic mass is 32.2. The highest BCUT2D eigenvalue weighted by Gasteiger charge is 2.20. The van der Waals surface area contributed by atoms with Crippen LogP contribution in [0.5, 0.6) is 0 Å². The van der Waals surface area contributed by atoms with Gasteiger partial charge in [0, 0.05) is 60.7 Å². The molecule has 1 aliphatic rings. The molecule has 1 aliphatic heterocycles. The number of rotatable bonds is 9. The lowest BCUT2D eigenvalue weighted by Gasteiger charge is -2.32. The van der Waals surface area contributed by atoms with E-state index < -0.39 is 10.8 Å². The van der Waals surface area contributed by atoms with E-state index in [-0.39, 0.29) is 0 Å². The lowest BCUT2D eigenvalue weighted by atomic mass is 10.0. The number of likely N-dealkylation sites (tertiary alicyclic amines) is 1. The van der Waals surface area contributed by atoms with Gasteiger partial charge in [-0.3, -0.25) is 19.1 Å². The van der Waals surface area contributed by atoms with Crippen LogP contribution < -0.4 is 10.6 Å². The van der Waals surface area contributed by atoms with Crippen molar-refractivity contribution in [2.45, 2.75) is 38.1 Å². The predicted molar refractivity (Wildman–Crippen MR) is 125 cm³/mol. The number of nitrogens with zero attached hydrogens (tertiary/aromatic N) is 3. The SMILES string of the molecule is CCNC(=NCCS(=O)Cc1ccccc1)NC1CCN(Cc2ccccn2)CC1. The summed E-state index contributed by atoms with van der Waals surface area (Å²) in [5.41, 5.74) is 2.24. The average molecular weight is 428 g/mol. The first kappa shape index (κ1) is 22.4. The lowest BCUT2D eigenvalue weighted by molar-refractivity contribution is 0.196. The smallest absolute Gasteiger partial charge is 0.191 e. The topological polar surface area (TPSA) is 69.6 Å². The fourth-order valence-corrected chi connectivity index (χ4v) is 4.56. The molecule has 7 heteroatoms. The molecule has 0 spiro atoms. The Bertz CT molecular complexity index is 792. The molecular weight excluding hydrogens is 394 g/mol. The van der Waals surface area contributed by atoms with Gasteiger partial charge in [-0.2, -0.15) is 0 Å². The van der Waals surface area contributed by atoms with Crippen molar-refractivity contribution in [3.05, 3.63) is 66.0 Å². The largest absolute Gasteiger partial charge is 0.357 e. The second-order valence-electron chi connectivity index (χ2n) is 7.55. The van der Waals surface area contributed by atoms with Crippen molar-refractivity contribution in [1.29, 1.82) is 0 Å². The van der Waals surface area contributed by atoms with Gasteiger partial charge >= 0.3 is 0 Å². The molecule has 0 radical (unpaired) electrons. The van der Waals surface area contributed by atoms with Crippen LogP contribution in [0.3, 0.4) is 0 Å². The molecule has 1 unspecified atom stereocenters. The molecule has 0 amide bonds. The summed E-state index contributed by atoms with van der Waals surface area (Å²) in [7, 11) is -0.898. The molecule has 1 saturated heterocycles. The Kier molecular flexibility index (Phi) is 9.31. The lowest BCUT2D eigenvalue weighted by Crippen LogP contribution is -2.48. The van der Waals surface area contributed by atoms with E-state index in [1.54, 1.807) is 0 Å². The Labute approximate surface area is 182 Å². The van der Waals surface area contributed by atoms with Gasteiger partial charge in [0.25, 0.3) is 0 Å². The standard InChI is InChI=1S/C23H33N5OS/c1-2-24-23(26-14-17-30(29)19-20-8-4-3-5-9-20)27-21-11-15-28(16-12-21)18-22-10-6-7-13-25-22/h3-10,13,21H,2,11-12,14-19H2,1H3,(H2,24,26,27). The zero-order chi connectivity index (χ0) is 21.0. The van der Waals surface area contributed by atoms with Gasteiger partial charge in [0.2, 0.25) is 0 Å². The minimum Gasteiger partial charge on any atom is -0.357 e. The number of guanidine groups is 1. The van der Waals surface area contributed by atoms with Gasteiger partial charge in [-0.05, 0) is 37.5 Å². The number of benzene rings is 1. The van der Waals surface area contributed by atoms with Crippen molar-refractivity contribution in [2.24, 2.45) is 4.99 Å². The van der Waals surface area contributed by atoms with Gasteiger partial charge in [-0.1, -0.05) is 36.4 Å². The van der Waals surface area contributed by atoms with E-state index in [2.05, 4.69) is 38.5 Å². The molecule has 3 rings (SSSR count). The first-order valence-electron chi connectivity index (χ1n) is 10.8. The van der Waals surface area contributed by atoms with Crippen molar-refractivity contribution in [1.82, 2.24) is 20.5 Å².